The summed E-state index contributed by atoms with van der Waals surface area (Å²) >= 11 is 0. The third-order valence-electron chi connectivity index (χ3n) is 4.70. The maximum Gasteiger partial charge on any atom is 0.420 e. The molecular weight excluding hydrogens is 365 g/mol. The summed E-state index contributed by atoms with van der Waals surface area (Å²) in [6.45, 7) is 4.58. The van der Waals surface area contributed by atoms with Crippen LogP contribution in [0.1, 0.15) is 28.5 Å². The fourth-order valence-electron chi connectivity index (χ4n) is 3.34. The van der Waals surface area contributed by atoms with Crippen molar-refractivity contribution in [3.63, 3.8) is 0 Å². The van der Waals surface area contributed by atoms with E-state index >= 15 is 0 Å². The first-order chi connectivity index (χ1) is 12.7. The molecule has 2 aromatic rings. The monoisotopic (exact) mass is 386 g/mol. The van der Waals surface area contributed by atoms with Crippen LogP contribution in [0.25, 0.3) is 10.9 Å². The average molecular weight is 386 g/mol. The van der Waals surface area contributed by atoms with E-state index < -0.39 is 23.5 Å². The van der Waals surface area contributed by atoms with Crippen LogP contribution in [0, 0.1) is 0 Å². The highest BCUT2D eigenvalue weighted by molar-refractivity contribution is 6.06. The number of morpholine rings is 1. The SMILES string of the molecule is CCOC(=O)c1c(CN2CCOCC2)n(C)c2cc(C(F)(F)F)c(O)cc12. The molecule has 2 heterocycles. The lowest BCUT2D eigenvalue weighted by Crippen LogP contribution is -2.36. The van der Waals surface area contributed by atoms with Crippen molar-refractivity contribution in [2.45, 2.75) is 19.6 Å². The molecule has 9 heteroatoms. The highest BCUT2D eigenvalue weighted by Crippen LogP contribution is 2.40. The summed E-state index contributed by atoms with van der Waals surface area (Å²) in [5.41, 5.74) is -0.190. The smallest absolute Gasteiger partial charge is 0.420 e. The van der Waals surface area contributed by atoms with Crippen molar-refractivity contribution in [3.05, 3.63) is 29.0 Å². The van der Waals surface area contributed by atoms with E-state index in [1.807, 2.05) is 0 Å². The lowest BCUT2D eigenvalue weighted by molar-refractivity contribution is -0.138. The van der Waals surface area contributed by atoms with Gasteiger partial charge in [0.1, 0.15) is 5.75 Å². The Morgan fingerprint density at radius 3 is 2.56 bits per heavy atom. The number of hydrogen-bond donors (Lipinski definition) is 1. The molecule has 1 fully saturated rings. The lowest BCUT2D eigenvalue weighted by atomic mass is 10.1. The largest absolute Gasteiger partial charge is 0.507 e. The molecule has 1 N–H and O–H groups in total. The molecule has 1 aromatic carbocycles. The number of aryl methyl sites for hydroxylation is 1. The molecule has 0 bridgehead atoms. The van der Waals surface area contributed by atoms with E-state index in [-0.39, 0.29) is 23.1 Å². The lowest BCUT2D eigenvalue weighted by Gasteiger charge is -2.27. The standard InChI is InChI=1S/C18H21F3N2O4/c1-3-27-17(25)16-11-8-15(24)12(18(19,20)21)9-13(11)22(2)14(16)10-23-4-6-26-7-5-23/h8-9,24H,3-7,10H2,1-2H3. The van der Waals surface area contributed by atoms with Crippen LogP contribution in [0.5, 0.6) is 5.75 Å². The van der Waals surface area contributed by atoms with E-state index in [9.17, 15) is 23.1 Å². The average Bonchev–Trinajstić information content (AvgIpc) is 2.86. The van der Waals surface area contributed by atoms with Crippen molar-refractivity contribution in [1.29, 1.82) is 0 Å². The fourth-order valence-corrected chi connectivity index (χ4v) is 3.34. The van der Waals surface area contributed by atoms with Crippen LogP contribution in [0.3, 0.4) is 0 Å². The number of benzene rings is 1. The van der Waals surface area contributed by atoms with Gasteiger partial charge in [-0.3, -0.25) is 4.90 Å². The first-order valence-electron chi connectivity index (χ1n) is 8.62. The molecule has 3 rings (SSSR count). The van der Waals surface area contributed by atoms with E-state index in [0.717, 1.165) is 12.1 Å². The molecule has 0 spiro atoms. The number of rotatable bonds is 4. The molecule has 27 heavy (non-hydrogen) atoms. The van der Waals surface area contributed by atoms with Crippen molar-refractivity contribution in [2.24, 2.45) is 7.05 Å². The van der Waals surface area contributed by atoms with E-state index in [4.69, 9.17) is 9.47 Å². The van der Waals surface area contributed by atoms with Gasteiger partial charge in [0.2, 0.25) is 0 Å². The Labute approximate surface area is 154 Å². The summed E-state index contributed by atoms with van der Waals surface area (Å²) in [4.78, 5) is 14.6. The highest BCUT2D eigenvalue weighted by Gasteiger charge is 2.36. The normalized spacial score (nSPS) is 16.0. The quantitative estimate of drug-likeness (QED) is 0.819. The Kier molecular flexibility index (Phi) is 5.34. The molecule has 1 aliphatic heterocycles. The number of fused-ring (bicyclic) bond motifs is 1. The van der Waals surface area contributed by atoms with Gasteiger partial charge in [-0.1, -0.05) is 0 Å². The second-order valence-electron chi connectivity index (χ2n) is 6.37. The van der Waals surface area contributed by atoms with Crippen LogP contribution in [-0.2, 0) is 29.2 Å². The maximum atomic E-state index is 13.2. The number of aromatic hydroxyl groups is 1. The second kappa shape index (κ2) is 7.40. The molecule has 0 amide bonds. The first kappa shape index (κ1) is 19.5. The highest BCUT2D eigenvalue weighted by atomic mass is 19.4. The molecule has 1 aliphatic rings. The molecule has 148 valence electrons. The Hall–Kier alpha value is -2.26. The predicted octanol–water partition coefficient (Wildman–Crippen LogP) is 2.91. The number of alkyl halides is 3. The van der Waals surface area contributed by atoms with Gasteiger partial charge in [-0.05, 0) is 19.1 Å². The number of carbonyl (C=O) groups excluding carboxylic acids is 1. The Bertz CT molecular complexity index is 855. The predicted molar refractivity (Wildman–Crippen MR) is 91.6 cm³/mol. The minimum Gasteiger partial charge on any atom is -0.507 e. The number of carbonyl (C=O) groups is 1. The van der Waals surface area contributed by atoms with Crippen LogP contribution in [0.15, 0.2) is 12.1 Å². The zero-order chi connectivity index (χ0) is 19.8. The summed E-state index contributed by atoms with van der Waals surface area (Å²) in [6.07, 6.45) is -4.70. The molecule has 0 atom stereocenters. The molecule has 1 saturated heterocycles. The van der Waals surface area contributed by atoms with E-state index in [1.54, 1.807) is 18.5 Å². The summed E-state index contributed by atoms with van der Waals surface area (Å²) in [6, 6.07) is 1.86. The number of aromatic nitrogens is 1. The number of nitrogens with zero attached hydrogens (tertiary/aromatic N) is 2. The second-order valence-corrected chi connectivity index (χ2v) is 6.37. The van der Waals surface area contributed by atoms with Gasteiger partial charge in [-0.15, -0.1) is 0 Å². The van der Waals surface area contributed by atoms with Crippen LogP contribution >= 0.6 is 0 Å². The van der Waals surface area contributed by atoms with Gasteiger partial charge in [-0.2, -0.15) is 13.2 Å². The van der Waals surface area contributed by atoms with Crippen LogP contribution in [-0.4, -0.2) is 53.5 Å². The fraction of sp³-hybridized carbons (Fsp3) is 0.500. The Morgan fingerprint density at radius 1 is 1.30 bits per heavy atom. The Morgan fingerprint density at radius 2 is 1.96 bits per heavy atom. The summed E-state index contributed by atoms with van der Waals surface area (Å²) in [7, 11) is 1.61. The van der Waals surface area contributed by atoms with Crippen molar-refractivity contribution >= 4 is 16.9 Å². The number of hydrogen-bond acceptors (Lipinski definition) is 5. The third kappa shape index (κ3) is 3.74. The van der Waals surface area contributed by atoms with Gasteiger partial charge >= 0.3 is 12.1 Å². The summed E-state index contributed by atoms with van der Waals surface area (Å²) < 4.78 is 51.5. The summed E-state index contributed by atoms with van der Waals surface area (Å²) in [5, 5.41) is 10.1. The molecule has 0 saturated carbocycles. The van der Waals surface area contributed by atoms with Crippen molar-refractivity contribution < 1.29 is 32.5 Å². The summed E-state index contributed by atoms with van der Waals surface area (Å²) in [5.74, 6) is -1.53. The van der Waals surface area contributed by atoms with Crippen LogP contribution in [0.4, 0.5) is 13.2 Å². The minimum absolute atomic E-state index is 0.138. The van der Waals surface area contributed by atoms with E-state index in [2.05, 4.69) is 4.90 Å². The van der Waals surface area contributed by atoms with Gasteiger partial charge in [0.25, 0.3) is 0 Å². The van der Waals surface area contributed by atoms with E-state index in [1.165, 1.54) is 0 Å². The number of ether oxygens (including phenoxy) is 2. The molecule has 0 radical (unpaired) electrons. The first-order valence-corrected chi connectivity index (χ1v) is 8.62. The zero-order valence-electron chi connectivity index (χ0n) is 15.1. The molecular formula is C18H21F3N2O4. The van der Waals surface area contributed by atoms with Crippen LogP contribution < -0.4 is 0 Å². The number of phenolic OH excluding ortho intramolecular Hbond substituents is 1. The minimum atomic E-state index is -4.70. The van der Waals surface area contributed by atoms with Crippen molar-refractivity contribution in [3.8, 4) is 5.75 Å². The molecule has 0 aliphatic carbocycles. The van der Waals surface area contributed by atoms with Gasteiger partial charge in [0.15, 0.2) is 0 Å². The van der Waals surface area contributed by atoms with Gasteiger partial charge in [0.05, 0.1) is 30.9 Å². The number of phenols is 1. The van der Waals surface area contributed by atoms with Gasteiger partial charge in [-0.25, -0.2) is 4.79 Å². The molecule has 6 nitrogen and oxygen atoms in total. The number of halogens is 3. The van der Waals surface area contributed by atoms with Gasteiger partial charge in [0, 0.05) is 43.3 Å². The third-order valence-corrected chi connectivity index (χ3v) is 4.70. The van der Waals surface area contributed by atoms with Gasteiger partial charge < -0.3 is 19.1 Å². The maximum absolute atomic E-state index is 13.2. The molecule has 1 aromatic heterocycles. The van der Waals surface area contributed by atoms with Crippen molar-refractivity contribution in [1.82, 2.24) is 9.47 Å². The van der Waals surface area contributed by atoms with Crippen LogP contribution in [0.2, 0.25) is 0 Å². The molecule has 0 unspecified atom stereocenters. The number of esters is 1. The Balaban J connectivity index is 2.17. The topological polar surface area (TPSA) is 63.9 Å². The van der Waals surface area contributed by atoms with Crippen molar-refractivity contribution in [2.75, 3.05) is 32.9 Å². The zero-order valence-corrected chi connectivity index (χ0v) is 15.1. The van der Waals surface area contributed by atoms with E-state index in [0.29, 0.717) is 38.5 Å².